The minimum atomic E-state index is -3.43. The fourth-order valence-electron chi connectivity index (χ4n) is 4.10. The number of hydrogen-bond acceptors (Lipinski definition) is 6. The number of carbonyl (C=O) groups is 1. The average Bonchev–Trinajstić information content (AvgIpc) is 3.32. The molecule has 0 unspecified atom stereocenters. The topological polar surface area (TPSA) is 94.7 Å². The van der Waals surface area contributed by atoms with Crippen molar-refractivity contribution in [2.24, 2.45) is 0 Å². The first kappa shape index (κ1) is 21.5. The van der Waals surface area contributed by atoms with Crippen LogP contribution >= 0.6 is 22.7 Å². The molecule has 1 saturated heterocycles. The number of nitrogens with one attached hydrogen (secondary N) is 2. The van der Waals surface area contributed by atoms with Gasteiger partial charge in [0.05, 0.1) is 31.7 Å². The zero-order chi connectivity index (χ0) is 21.1. The van der Waals surface area contributed by atoms with Crippen molar-refractivity contribution in [1.82, 2.24) is 4.31 Å². The Balaban J connectivity index is 1.34. The van der Waals surface area contributed by atoms with Crippen LogP contribution in [0.4, 0.5) is 5.00 Å². The summed E-state index contributed by atoms with van der Waals surface area (Å²) in [7, 11) is -3.43. The molecular formula is C20H25N4O3S3+. The molecule has 0 atom stereocenters. The van der Waals surface area contributed by atoms with Gasteiger partial charge >= 0.3 is 0 Å². The Kier molecular flexibility index (Phi) is 6.55. The molecule has 0 spiro atoms. The maximum atomic E-state index is 12.6. The van der Waals surface area contributed by atoms with Gasteiger partial charge in [0, 0.05) is 4.88 Å². The molecule has 7 nitrogen and oxygen atoms in total. The lowest BCUT2D eigenvalue weighted by atomic mass is 10.1. The van der Waals surface area contributed by atoms with E-state index in [0.717, 1.165) is 36.1 Å². The Morgan fingerprint density at radius 2 is 2.00 bits per heavy atom. The first-order chi connectivity index (χ1) is 14.5. The van der Waals surface area contributed by atoms with E-state index < -0.39 is 10.0 Å². The number of nitriles is 1. The number of piperazine rings is 1. The third kappa shape index (κ3) is 4.45. The molecule has 2 aromatic heterocycles. The molecule has 160 valence electrons. The van der Waals surface area contributed by atoms with Gasteiger partial charge in [-0.15, -0.1) is 22.7 Å². The summed E-state index contributed by atoms with van der Waals surface area (Å²) in [6.07, 6.45) is 5.31. The molecule has 1 aliphatic heterocycles. The van der Waals surface area contributed by atoms with Crippen LogP contribution in [0.15, 0.2) is 21.7 Å². The van der Waals surface area contributed by atoms with Crippen molar-refractivity contribution in [1.29, 1.82) is 5.26 Å². The van der Waals surface area contributed by atoms with E-state index in [4.69, 9.17) is 0 Å². The molecule has 0 saturated carbocycles. The predicted octanol–water partition coefficient (Wildman–Crippen LogP) is 1.48. The smallest absolute Gasteiger partial charge is 0.280 e. The van der Waals surface area contributed by atoms with Crippen LogP contribution in [0.3, 0.4) is 0 Å². The monoisotopic (exact) mass is 465 g/mol. The number of anilines is 1. The standard InChI is InChI=1S/C20H24N4O3S3/c21-13-16-15-5-2-1-3-6-17(15)29-20(16)22-18(25)14-23-8-10-24(11-9-23)30(26,27)19-7-4-12-28-19/h4,7,12H,1-3,5-6,8-11,14H2,(H,22,25)/p+1. The number of amides is 1. The van der Waals surface area contributed by atoms with Gasteiger partial charge in [0.1, 0.15) is 15.3 Å². The molecular weight excluding hydrogens is 440 g/mol. The van der Waals surface area contributed by atoms with E-state index in [-0.39, 0.29) is 12.5 Å². The second kappa shape index (κ2) is 9.16. The molecule has 3 heterocycles. The second-order valence-electron chi connectivity index (χ2n) is 7.69. The Morgan fingerprint density at radius 3 is 2.70 bits per heavy atom. The average molecular weight is 466 g/mol. The van der Waals surface area contributed by atoms with Gasteiger partial charge in [-0.1, -0.05) is 12.5 Å². The molecule has 10 heteroatoms. The number of carbonyl (C=O) groups excluding carboxylic acids is 1. The van der Waals surface area contributed by atoms with Crippen molar-refractivity contribution in [3.63, 3.8) is 0 Å². The van der Waals surface area contributed by atoms with Crippen LogP contribution in [0, 0.1) is 11.3 Å². The van der Waals surface area contributed by atoms with Gasteiger partial charge in [-0.3, -0.25) is 4.79 Å². The van der Waals surface area contributed by atoms with Crippen LogP contribution in [0.25, 0.3) is 0 Å². The zero-order valence-corrected chi connectivity index (χ0v) is 19.1. The van der Waals surface area contributed by atoms with Crippen LogP contribution in [0.5, 0.6) is 0 Å². The minimum absolute atomic E-state index is 0.118. The van der Waals surface area contributed by atoms with Crippen molar-refractivity contribution < 1.29 is 18.1 Å². The van der Waals surface area contributed by atoms with Gasteiger partial charge < -0.3 is 10.2 Å². The summed E-state index contributed by atoms with van der Waals surface area (Å²) in [6.45, 7) is 2.26. The molecule has 0 bridgehead atoms. The summed E-state index contributed by atoms with van der Waals surface area (Å²) in [5, 5.41) is 15.0. The highest BCUT2D eigenvalue weighted by Gasteiger charge is 2.32. The molecule has 1 aliphatic carbocycles. The van der Waals surface area contributed by atoms with E-state index in [1.54, 1.807) is 28.8 Å². The summed E-state index contributed by atoms with van der Waals surface area (Å²) in [5.41, 5.74) is 1.75. The van der Waals surface area contributed by atoms with Crippen LogP contribution < -0.4 is 10.2 Å². The molecule has 4 rings (SSSR count). The van der Waals surface area contributed by atoms with Crippen molar-refractivity contribution in [2.45, 2.75) is 36.3 Å². The summed E-state index contributed by atoms with van der Waals surface area (Å²) >= 11 is 2.77. The molecule has 2 aromatic rings. The van der Waals surface area contributed by atoms with E-state index in [0.29, 0.717) is 41.0 Å². The first-order valence-corrected chi connectivity index (χ1v) is 13.3. The van der Waals surface area contributed by atoms with Crippen LogP contribution in [-0.2, 0) is 27.7 Å². The first-order valence-electron chi connectivity index (χ1n) is 10.2. The van der Waals surface area contributed by atoms with E-state index in [9.17, 15) is 18.5 Å². The molecule has 1 amide bonds. The van der Waals surface area contributed by atoms with Crippen molar-refractivity contribution in [3.8, 4) is 6.07 Å². The van der Waals surface area contributed by atoms with Gasteiger partial charge in [0.15, 0.2) is 6.54 Å². The molecule has 2 N–H and O–H groups in total. The number of rotatable bonds is 5. The number of aryl methyl sites for hydroxylation is 1. The summed E-state index contributed by atoms with van der Waals surface area (Å²) in [4.78, 5) is 14.9. The summed E-state index contributed by atoms with van der Waals surface area (Å²) in [5.74, 6) is -0.118. The Hall–Kier alpha value is -1.77. The van der Waals surface area contributed by atoms with Gasteiger partial charge in [-0.2, -0.15) is 9.57 Å². The van der Waals surface area contributed by atoms with Crippen molar-refractivity contribution in [2.75, 3.05) is 38.0 Å². The third-order valence-corrected chi connectivity index (χ3v) is 10.2. The molecule has 2 aliphatic rings. The largest absolute Gasteiger partial charge is 0.325 e. The predicted molar refractivity (Wildman–Crippen MR) is 118 cm³/mol. The quantitative estimate of drug-likeness (QED) is 0.654. The summed E-state index contributed by atoms with van der Waals surface area (Å²) < 4.78 is 27.1. The Labute approximate surface area is 185 Å². The SMILES string of the molecule is N#Cc1c(NC(=O)C[NH+]2CCN(S(=O)(=O)c3cccs3)CC2)sc2c1CCCCC2. The molecule has 30 heavy (non-hydrogen) atoms. The van der Waals surface area contributed by atoms with E-state index in [1.165, 1.54) is 26.9 Å². The number of nitrogens with zero attached hydrogens (tertiary/aromatic N) is 2. The zero-order valence-electron chi connectivity index (χ0n) is 16.6. The number of thiophene rings is 2. The van der Waals surface area contributed by atoms with Crippen LogP contribution in [0.1, 0.15) is 35.3 Å². The number of fused-ring (bicyclic) bond motifs is 1. The maximum absolute atomic E-state index is 12.6. The Morgan fingerprint density at radius 1 is 1.23 bits per heavy atom. The fourth-order valence-corrected chi connectivity index (χ4v) is 7.95. The van der Waals surface area contributed by atoms with Gasteiger partial charge in [0.25, 0.3) is 15.9 Å². The van der Waals surface area contributed by atoms with E-state index in [2.05, 4.69) is 11.4 Å². The molecule has 0 aromatic carbocycles. The van der Waals surface area contributed by atoms with Crippen LogP contribution in [-0.4, -0.2) is 51.4 Å². The van der Waals surface area contributed by atoms with E-state index in [1.807, 2.05) is 0 Å². The van der Waals surface area contributed by atoms with Gasteiger partial charge in [-0.25, -0.2) is 8.42 Å². The number of hydrogen-bond donors (Lipinski definition) is 2. The van der Waals surface area contributed by atoms with Crippen molar-refractivity contribution in [3.05, 3.63) is 33.5 Å². The second-order valence-corrected chi connectivity index (χ2v) is 11.9. The highest BCUT2D eigenvalue weighted by molar-refractivity contribution is 7.91. The lowest BCUT2D eigenvalue weighted by Crippen LogP contribution is -3.15. The van der Waals surface area contributed by atoms with E-state index >= 15 is 0 Å². The third-order valence-electron chi connectivity index (χ3n) is 5.72. The highest BCUT2D eigenvalue weighted by atomic mass is 32.2. The maximum Gasteiger partial charge on any atom is 0.280 e. The van der Waals surface area contributed by atoms with Gasteiger partial charge in [0.2, 0.25) is 0 Å². The van der Waals surface area contributed by atoms with Gasteiger partial charge in [-0.05, 0) is 42.7 Å². The normalized spacial score (nSPS) is 18.4. The van der Waals surface area contributed by atoms with Crippen LogP contribution in [0.2, 0.25) is 0 Å². The summed E-state index contributed by atoms with van der Waals surface area (Å²) in [6, 6.07) is 5.66. The lowest BCUT2D eigenvalue weighted by Gasteiger charge is -2.30. The van der Waals surface area contributed by atoms with Crippen molar-refractivity contribution >= 4 is 43.6 Å². The number of quaternary nitrogens is 1. The minimum Gasteiger partial charge on any atom is -0.325 e. The molecule has 1 fully saturated rings. The molecule has 0 radical (unpaired) electrons. The fraction of sp³-hybridized carbons (Fsp3) is 0.500. The number of sulfonamides is 1. The lowest BCUT2D eigenvalue weighted by molar-refractivity contribution is -0.895. The highest BCUT2D eigenvalue weighted by Crippen LogP contribution is 2.36. The Bertz CT molecular complexity index is 1050.